The highest BCUT2D eigenvalue weighted by Gasteiger charge is 2.35. The molecule has 4 N–H and O–H groups in total. The van der Waals surface area contributed by atoms with Crippen molar-refractivity contribution in [3.63, 3.8) is 0 Å². The van der Waals surface area contributed by atoms with E-state index in [0.29, 0.717) is 82.2 Å². The number of alkyl halides is 1. The van der Waals surface area contributed by atoms with E-state index in [-0.39, 0.29) is 24.2 Å². The van der Waals surface area contributed by atoms with E-state index in [1.165, 1.54) is 0 Å². The maximum atomic E-state index is 13.9. The van der Waals surface area contributed by atoms with Gasteiger partial charge in [-0.25, -0.2) is 4.98 Å². The first-order valence-corrected chi connectivity index (χ1v) is 16.9. The number of hydrogen-bond donors (Lipinski definition) is 4. The number of rotatable bonds is 17. The summed E-state index contributed by atoms with van der Waals surface area (Å²) in [5.74, 6) is 1.01. The maximum Gasteiger partial charge on any atom is 0.274 e. The van der Waals surface area contributed by atoms with Crippen molar-refractivity contribution in [3.8, 4) is 11.5 Å². The fourth-order valence-electron chi connectivity index (χ4n) is 6.12. The summed E-state index contributed by atoms with van der Waals surface area (Å²) in [6.45, 7) is 6.11. The molecule has 11 nitrogen and oxygen atoms in total. The molecule has 0 saturated heterocycles. The van der Waals surface area contributed by atoms with Crippen LogP contribution in [0.15, 0.2) is 66.9 Å². The predicted octanol–water partition coefficient (Wildman–Crippen LogP) is 5.75. The number of aliphatic hydroxyl groups excluding tert-OH is 1. The zero-order chi connectivity index (χ0) is 34.2. The molecule has 0 radical (unpaired) electrons. The van der Waals surface area contributed by atoms with Crippen LogP contribution in [-0.4, -0.2) is 91.4 Å². The van der Waals surface area contributed by atoms with E-state index in [1.54, 1.807) is 17.2 Å². The third kappa shape index (κ3) is 8.09. The van der Waals surface area contributed by atoms with E-state index >= 15 is 0 Å². The molecule has 0 bridgehead atoms. The van der Waals surface area contributed by atoms with E-state index in [0.717, 1.165) is 44.3 Å². The monoisotopic (exact) mass is 688 g/mol. The van der Waals surface area contributed by atoms with E-state index in [2.05, 4.69) is 15.3 Å². The number of carbonyl (C=O) groups is 1. The minimum atomic E-state index is -0.201. The van der Waals surface area contributed by atoms with Gasteiger partial charge in [-0.1, -0.05) is 30.3 Å². The van der Waals surface area contributed by atoms with Crippen molar-refractivity contribution in [2.75, 3.05) is 75.5 Å². The molecule has 3 aromatic carbocycles. The minimum Gasteiger partial charge on any atom is -0.507 e. The number of nitrogens with one attached hydrogen (secondary N) is 2. The first-order chi connectivity index (χ1) is 24.0. The number of aromatic nitrogens is 2. The summed E-state index contributed by atoms with van der Waals surface area (Å²) in [6, 6.07) is 19.1. The molecule has 12 heteroatoms. The summed E-state index contributed by atoms with van der Waals surface area (Å²) in [4.78, 5) is 23.3. The summed E-state index contributed by atoms with van der Waals surface area (Å²) in [5, 5.41) is 25.4. The van der Waals surface area contributed by atoms with Gasteiger partial charge in [0.2, 0.25) is 0 Å². The number of nitrogens with zero attached hydrogens (tertiary/aromatic N) is 2. The number of phenolic OH excluding ortho intramolecular Hbond substituents is 1. The molecule has 1 aliphatic heterocycles. The lowest BCUT2D eigenvalue weighted by Crippen LogP contribution is -2.30. The lowest BCUT2D eigenvalue weighted by Gasteiger charge is -2.18. The summed E-state index contributed by atoms with van der Waals surface area (Å²) >= 11 is 6.42. The van der Waals surface area contributed by atoms with E-state index in [4.69, 9.17) is 35.7 Å². The van der Waals surface area contributed by atoms with Crippen molar-refractivity contribution in [2.24, 2.45) is 0 Å². The number of halogens is 1. The summed E-state index contributed by atoms with van der Waals surface area (Å²) in [7, 11) is 0. The number of phenols is 1. The second kappa shape index (κ2) is 16.3. The number of fused-ring (bicyclic) bond motifs is 4. The topological polar surface area (TPSA) is 138 Å². The number of anilines is 2. The Labute approximate surface area is 289 Å². The highest BCUT2D eigenvalue weighted by molar-refractivity contribution is 6.19. The molecule has 1 aliphatic rings. The Morgan fingerprint density at radius 1 is 1.00 bits per heavy atom. The molecule has 49 heavy (non-hydrogen) atoms. The summed E-state index contributed by atoms with van der Waals surface area (Å²) < 4.78 is 21.8. The number of benzene rings is 3. The van der Waals surface area contributed by atoms with Gasteiger partial charge >= 0.3 is 0 Å². The third-order valence-corrected chi connectivity index (χ3v) is 8.87. The van der Waals surface area contributed by atoms with Gasteiger partial charge in [-0.3, -0.25) is 4.79 Å². The van der Waals surface area contributed by atoms with Crippen LogP contribution in [0.5, 0.6) is 11.5 Å². The first kappa shape index (κ1) is 34.5. The Hall–Kier alpha value is -4.39. The standard InChI is InChI=1S/C37H41ClN4O7/c1-24-3-2-4-30-33(44)19-32-35(34(24)30)27(20-38)23-42(32)37(45)31-18-26-17-28(22-40-36(26)41-31)39-21-25-5-7-29(8-6-25)49-16-15-48-14-13-47-12-11-46-10-9-43/h2-8,17-19,22,27,39,43-44H,9-16,20-21,23H2,1H3,(H,40,41). The fraction of sp³-hybridized carbons (Fsp3) is 0.351. The second-order valence-electron chi connectivity index (χ2n) is 11.8. The van der Waals surface area contributed by atoms with Gasteiger partial charge in [0, 0.05) is 41.7 Å². The second-order valence-corrected chi connectivity index (χ2v) is 12.2. The molecule has 0 saturated carbocycles. The molecule has 0 spiro atoms. The zero-order valence-corrected chi connectivity index (χ0v) is 28.2. The highest BCUT2D eigenvalue weighted by Crippen LogP contribution is 2.46. The lowest BCUT2D eigenvalue weighted by molar-refractivity contribution is 0.00361. The molecule has 1 unspecified atom stereocenters. The fourth-order valence-corrected chi connectivity index (χ4v) is 6.37. The molecule has 3 heterocycles. The Morgan fingerprint density at radius 2 is 1.73 bits per heavy atom. The molecule has 5 aromatic rings. The van der Waals surface area contributed by atoms with Crippen LogP contribution < -0.4 is 15.0 Å². The van der Waals surface area contributed by atoms with Crippen molar-refractivity contribution < 1.29 is 34.0 Å². The number of carbonyl (C=O) groups excluding carboxylic acids is 1. The highest BCUT2D eigenvalue weighted by atomic mass is 35.5. The molecule has 1 amide bonds. The van der Waals surface area contributed by atoms with Crippen LogP contribution in [0.2, 0.25) is 0 Å². The van der Waals surface area contributed by atoms with Gasteiger partial charge in [0.15, 0.2) is 0 Å². The Kier molecular flexibility index (Phi) is 11.5. The Bertz CT molecular complexity index is 1880. The molecule has 0 fully saturated rings. The molecule has 2 aromatic heterocycles. The smallest absolute Gasteiger partial charge is 0.274 e. The van der Waals surface area contributed by atoms with Gasteiger partial charge in [-0.15, -0.1) is 11.6 Å². The van der Waals surface area contributed by atoms with Gasteiger partial charge in [-0.2, -0.15) is 0 Å². The van der Waals surface area contributed by atoms with Crippen LogP contribution in [0.3, 0.4) is 0 Å². The minimum absolute atomic E-state index is 0.0118. The van der Waals surface area contributed by atoms with E-state index in [9.17, 15) is 9.90 Å². The molecule has 6 rings (SSSR count). The number of aromatic amines is 1. The number of amides is 1. The maximum absolute atomic E-state index is 13.9. The van der Waals surface area contributed by atoms with Crippen LogP contribution in [0.25, 0.3) is 21.8 Å². The van der Waals surface area contributed by atoms with Crippen LogP contribution in [0.4, 0.5) is 11.4 Å². The predicted molar refractivity (Wildman–Crippen MR) is 190 cm³/mol. The number of H-pyrrole nitrogens is 1. The van der Waals surface area contributed by atoms with Crippen LogP contribution in [0, 0.1) is 6.92 Å². The molecule has 0 aliphatic carbocycles. The Morgan fingerprint density at radius 3 is 2.47 bits per heavy atom. The molecule has 258 valence electrons. The number of aryl methyl sites for hydroxylation is 1. The number of pyridine rings is 1. The normalized spacial score (nSPS) is 14.1. The van der Waals surface area contributed by atoms with E-state index in [1.807, 2.05) is 61.5 Å². The summed E-state index contributed by atoms with van der Waals surface area (Å²) in [5.41, 5.74) is 5.64. The van der Waals surface area contributed by atoms with Gasteiger partial charge in [0.05, 0.1) is 63.8 Å². The van der Waals surface area contributed by atoms with Gasteiger partial charge < -0.3 is 44.4 Å². The quantitative estimate of drug-likeness (QED) is 0.0711. The average Bonchev–Trinajstić information content (AvgIpc) is 3.71. The molecular weight excluding hydrogens is 648 g/mol. The molecule has 1 atom stereocenters. The summed E-state index contributed by atoms with van der Waals surface area (Å²) in [6.07, 6.45) is 1.74. The van der Waals surface area contributed by atoms with Crippen molar-refractivity contribution in [1.29, 1.82) is 0 Å². The number of hydrogen-bond acceptors (Lipinski definition) is 9. The van der Waals surface area contributed by atoms with Gasteiger partial charge in [0.25, 0.3) is 5.91 Å². The van der Waals surface area contributed by atoms with Crippen molar-refractivity contribution in [1.82, 2.24) is 9.97 Å². The third-order valence-electron chi connectivity index (χ3n) is 8.50. The van der Waals surface area contributed by atoms with Crippen LogP contribution in [-0.2, 0) is 20.8 Å². The number of aromatic hydroxyl groups is 1. The van der Waals surface area contributed by atoms with E-state index < -0.39 is 0 Å². The zero-order valence-electron chi connectivity index (χ0n) is 27.4. The van der Waals surface area contributed by atoms with Gasteiger partial charge in [-0.05, 0) is 53.3 Å². The Balaban J connectivity index is 1.01. The van der Waals surface area contributed by atoms with Crippen molar-refractivity contribution in [2.45, 2.75) is 19.4 Å². The number of aliphatic hydroxyl groups is 1. The largest absolute Gasteiger partial charge is 0.507 e. The van der Waals surface area contributed by atoms with Crippen molar-refractivity contribution >= 4 is 50.7 Å². The SMILES string of the molecule is Cc1cccc2c(O)cc3c(c12)C(CCl)CN3C(=O)c1cc2cc(NCc3ccc(OCCOCCOCCOCCO)cc3)cnc2[nH]1. The molecular formula is C37H41ClN4O7. The van der Waals surface area contributed by atoms with Crippen LogP contribution >= 0.6 is 11.6 Å². The first-order valence-electron chi connectivity index (χ1n) is 16.4. The average molecular weight is 689 g/mol. The van der Waals surface area contributed by atoms with Gasteiger partial charge in [0.1, 0.15) is 29.4 Å². The lowest BCUT2D eigenvalue weighted by atomic mass is 9.92. The number of ether oxygens (including phenoxy) is 4. The van der Waals surface area contributed by atoms with Crippen LogP contribution in [0.1, 0.15) is 33.1 Å². The van der Waals surface area contributed by atoms with Crippen molar-refractivity contribution in [3.05, 3.63) is 89.2 Å².